The molecule has 2 aromatic rings. The SMILES string of the molecule is CCCNCc1ccc(Cl)cc1Oc1ccc(Cl)cc1Br. The van der Waals surface area contributed by atoms with E-state index in [-0.39, 0.29) is 0 Å². The van der Waals surface area contributed by atoms with Gasteiger partial charge in [-0.05, 0) is 59.2 Å². The van der Waals surface area contributed by atoms with E-state index in [2.05, 4.69) is 28.2 Å². The standard InChI is InChI=1S/C16H16BrCl2NO/c1-2-7-20-10-11-3-4-13(19)9-16(11)21-15-6-5-12(18)8-14(15)17/h3-6,8-9,20H,2,7,10H2,1H3. The minimum absolute atomic E-state index is 0.648. The Hall–Kier alpha value is -0.740. The van der Waals surface area contributed by atoms with Gasteiger partial charge in [-0.3, -0.25) is 0 Å². The summed E-state index contributed by atoms with van der Waals surface area (Å²) in [5.41, 5.74) is 1.06. The predicted molar refractivity (Wildman–Crippen MR) is 92.7 cm³/mol. The van der Waals surface area contributed by atoms with Gasteiger partial charge in [-0.15, -0.1) is 0 Å². The average molecular weight is 389 g/mol. The lowest BCUT2D eigenvalue weighted by Crippen LogP contribution is -2.14. The van der Waals surface area contributed by atoms with Crippen molar-refractivity contribution < 1.29 is 4.74 Å². The van der Waals surface area contributed by atoms with E-state index in [9.17, 15) is 0 Å². The summed E-state index contributed by atoms with van der Waals surface area (Å²) in [7, 11) is 0. The zero-order valence-electron chi connectivity index (χ0n) is 11.6. The van der Waals surface area contributed by atoms with Gasteiger partial charge >= 0.3 is 0 Å². The van der Waals surface area contributed by atoms with Crippen molar-refractivity contribution in [1.29, 1.82) is 0 Å². The second-order valence-electron chi connectivity index (χ2n) is 4.61. The Bertz CT molecular complexity index is 619. The van der Waals surface area contributed by atoms with Crippen LogP contribution in [0.1, 0.15) is 18.9 Å². The highest BCUT2D eigenvalue weighted by Gasteiger charge is 2.09. The van der Waals surface area contributed by atoms with Crippen molar-refractivity contribution >= 4 is 39.1 Å². The highest BCUT2D eigenvalue weighted by molar-refractivity contribution is 9.10. The molecule has 0 saturated heterocycles. The Kier molecular flexibility index (Phi) is 6.37. The van der Waals surface area contributed by atoms with E-state index in [1.165, 1.54) is 0 Å². The maximum Gasteiger partial charge on any atom is 0.141 e. The van der Waals surface area contributed by atoms with Crippen LogP contribution in [-0.2, 0) is 6.54 Å². The van der Waals surface area contributed by atoms with E-state index in [0.29, 0.717) is 15.8 Å². The largest absolute Gasteiger partial charge is 0.456 e. The quantitative estimate of drug-likeness (QED) is 0.608. The van der Waals surface area contributed by atoms with Crippen molar-refractivity contribution in [3.05, 3.63) is 56.5 Å². The second kappa shape index (κ2) is 8.04. The number of hydrogen-bond donors (Lipinski definition) is 1. The fourth-order valence-corrected chi connectivity index (χ4v) is 2.77. The lowest BCUT2D eigenvalue weighted by Gasteiger charge is -2.13. The summed E-state index contributed by atoms with van der Waals surface area (Å²) >= 11 is 15.5. The van der Waals surface area contributed by atoms with E-state index in [0.717, 1.165) is 35.3 Å². The number of hydrogen-bond acceptors (Lipinski definition) is 2. The highest BCUT2D eigenvalue weighted by Crippen LogP contribution is 2.34. The topological polar surface area (TPSA) is 21.3 Å². The second-order valence-corrected chi connectivity index (χ2v) is 6.33. The van der Waals surface area contributed by atoms with E-state index < -0.39 is 0 Å². The molecule has 0 radical (unpaired) electrons. The minimum Gasteiger partial charge on any atom is -0.456 e. The van der Waals surface area contributed by atoms with Gasteiger partial charge in [-0.1, -0.05) is 36.2 Å². The normalized spacial score (nSPS) is 10.7. The van der Waals surface area contributed by atoms with Crippen molar-refractivity contribution in [2.45, 2.75) is 19.9 Å². The van der Waals surface area contributed by atoms with E-state index in [1.54, 1.807) is 12.1 Å². The third-order valence-corrected chi connectivity index (χ3v) is 3.98. The van der Waals surface area contributed by atoms with Gasteiger partial charge in [-0.25, -0.2) is 0 Å². The van der Waals surface area contributed by atoms with Crippen LogP contribution in [0.15, 0.2) is 40.9 Å². The molecule has 5 heteroatoms. The molecule has 0 aliphatic heterocycles. The van der Waals surface area contributed by atoms with Crippen LogP contribution < -0.4 is 10.1 Å². The molecule has 0 spiro atoms. The van der Waals surface area contributed by atoms with Crippen molar-refractivity contribution in [1.82, 2.24) is 5.32 Å². The molecule has 112 valence electrons. The zero-order valence-corrected chi connectivity index (χ0v) is 14.7. The molecule has 0 aliphatic rings. The van der Waals surface area contributed by atoms with E-state index in [1.807, 2.05) is 24.3 Å². The van der Waals surface area contributed by atoms with Crippen LogP contribution in [0.5, 0.6) is 11.5 Å². The van der Waals surface area contributed by atoms with Crippen LogP contribution >= 0.6 is 39.1 Å². The summed E-state index contributed by atoms with van der Waals surface area (Å²) in [6, 6.07) is 11.1. The fraction of sp³-hybridized carbons (Fsp3) is 0.250. The smallest absolute Gasteiger partial charge is 0.141 e. The van der Waals surface area contributed by atoms with E-state index in [4.69, 9.17) is 27.9 Å². The number of nitrogens with one attached hydrogen (secondary N) is 1. The molecule has 0 aromatic heterocycles. The highest BCUT2D eigenvalue weighted by atomic mass is 79.9. The first-order chi connectivity index (χ1) is 10.1. The van der Waals surface area contributed by atoms with Crippen LogP contribution in [0.4, 0.5) is 0 Å². The van der Waals surface area contributed by atoms with Gasteiger partial charge < -0.3 is 10.1 Å². The van der Waals surface area contributed by atoms with Crippen molar-refractivity contribution in [2.75, 3.05) is 6.54 Å². The predicted octanol–water partition coefficient (Wildman–Crippen LogP) is 6.05. The Morgan fingerprint density at radius 2 is 1.76 bits per heavy atom. The molecule has 21 heavy (non-hydrogen) atoms. The molecule has 0 fully saturated rings. The summed E-state index contributed by atoms with van der Waals surface area (Å²) < 4.78 is 6.78. The zero-order chi connectivity index (χ0) is 15.2. The van der Waals surface area contributed by atoms with Gasteiger partial charge in [0, 0.05) is 22.2 Å². The first kappa shape index (κ1) is 16.6. The number of halogens is 3. The summed E-state index contributed by atoms with van der Waals surface area (Å²) in [5.74, 6) is 1.45. The van der Waals surface area contributed by atoms with Crippen LogP contribution in [0.2, 0.25) is 10.0 Å². The lowest BCUT2D eigenvalue weighted by molar-refractivity contribution is 0.470. The maximum atomic E-state index is 6.08. The molecule has 2 rings (SSSR count). The van der Waals surface area contributed by atoms with Crippen molar-refractivity contribution in [2.24, 2.45) is 0 Å². The van der Waals surface area contributed by atoms with Crippen molar-refractivity contribution in [3.8, 4) is 11.5 Å². The molecule has 2 aromatic carbocycles. The average Bonchev–Trinajstić information content (AvgIpc) is 2.44. The Balaban J connectivity index is 2.22. The summed E-state index contributed by atoms with van der Waals surface area (Å²) in [5, 5.41) is 4.67. The van der Waals surface area contributed by atoms with Crippen LogP contribution in [0.25, 0.3) is 0 Å². The molecule has 0 heterocycles. The molecule has 2 nitrogen and oxygen atoms in total. The molecule has 0 atom stereocenters. The van der Waals surface area contributed by atoms with Gasteiger partial charge in [-0.2, -0.15) is 0 Å². The van der Waals surface area contributed by atoms with E-state index >= 15 is 0 Å². The maximum absolute atomic E-state index is 6.08. The molecule has 0 aliphatic carbocycles. The van der Waals surface area contributed by atoms with Gasteiger partial charge in [0.15, 0.2) is 0 Å². The number of ether oxygens (including phenoxy) is 1. The molecular formula is C16H16BrCl2NO. The third kappa shape index (κ3) is 4.89. The first-order valence-corrected chi connectivity index (χ1v) is 8.27. The Morgan fingerprint density at radius 3 is 2.48 bits per heavy atom. The third-order valence-electron chi connectivity index (χ3n) is 2.89. The lowest BCUT2D eigenvalue weighted by atomic mass is 10.2. The van der Waals surface area contributed by atoms with Crippen molar-refractivity contribution in [3.63, 3.8) is 0 Å². The van der Waals surface area contributed by atoms with Gasteiger partial charge in [0.2, 0.25) is 0 Å². The molecule has 0 saturated carbocycles. The number of rotatable bonds is 6. The van der Waals surface area contributed by atoms with Crippen LogP contribution in [0, 0.1) is 0 Å². The fourth-order valence-electron chi connectivity index (χ4n) is 1.85. The van der Waals surface area contributed by atoms with Crippen LogP contribution in [0.3, 0.4) is 0 Å². The first-order valence-electron chi connectivity index (χ1n) is 6.72. The summed E-state index contributed by atoms with van der Waals surface area (Å²) in [4.78, 5) is 0. The summed E-state index contributed by atoms with van der Waals surface area (Å²) in [6.07, 6.45) is 1.09. The van der Waals surface area contributed by atoms with Gasteiger partial charge in [0.05, 0.1) is 4.47 Å². The van der Waals surface area contributed by atoms with Gasteiger partial charge in [0.25, 0.3) is 0 Å². The van der Waals surface area contributed by atoms with Crippen LogP contribution in [-0.4, -0.2) is 6.54 Å². The minimum atomic E-state index is 0.648. The molecule has 1 N–H and O–H groups in total. The summed E-state index contributed by atoms with van der Waals surface area (Å²) in [6.45, 7) is 3.84. The molecule has 0 bridgehead atoms. The Labute approximate surface area is 143 Å². The molecule has 0 unspecified atom stereocenters. The monoisotopic (exact) mass is 387 g/mol. The molecule has 0 amide bonds. The number of benzene rings is 2. The van der Waals surface area contributed by atoms with Gasteiger partial charge in [0.1, 0.15) is 11.5 Å². The molecular weight excluding hydrogens is 373 g/mol. The Morgan fingerprint density at radius 1 is 1.05 bits per heavy atom.